The molecule has 0 unspecified atom stereocenters. The van der Waals surface area contributed by atoms with E-state index in [0.29, 0.717) is 6.61 Å². The molecular weight excluding hydrogens is 242 g/mol. The second kappa shape index (κ2) is 6.57. The van der Waals surface area contributed by atoms with Crippen molar-refractivity contribution in [3.63, 3.8) is 0 Å². The Morgan fingerprint density at radius 3 is 2.61 bits per heavy atom. The molecule has 0 fully saturated rings. The Bertz CT molecular complexity index is 493. The van der Waals surface area contributed by atoms with E-state index in [2.05, 4.69) is 36.5 Å². The molecule has 1 heterocycles. The molecule has 2 rings (SSSR count). The van der Waals surface area contributed by atoms with Gasteiger partial charge in [0.2, 0.25) is 0 Å². The van der Waals surface area contributed by atoms with E-state index >= 15 is 0 Å². The minimum absolute atomic E-state index is 0.647. The first-order chi connectivity index (χ1) is 8.83. The summed E-state index contributed by atoms with van der Waals surface area (Å²) in [7, 11) is 1.73. The Balaban J connectivity index is 2.01. The second-order valence-corrected chi connectivity index (χ2v) is 5.42. The van der Waals surface area contributed by atoms with Crippen LogP contribution in [0.25, 0.3) is 0 Å². The van der Waals surface area contributed by atoms with Crippen molar-refractivity contribution in [2.75, 3.05) is 12.4 Å². The van der Waals surface area contributed by atoms with Gasteiger partial charge in [0.15, 0.2) is 0 Å². The lowest BCUT2D eigenvalue weighted by atomic mass is 10.2. The molecule has 0 spiro atoms. The summed E-state index contributed by atoms with van der Waals surface area (Å²) < 4.78 is 5.20. The van der Waals surface area contributed by atoms with Crippen LogP contribution in [-0.2, 0) is 24.3 Å². The summed E-state index contributed by atoms with van der Waals surface area (Å²) >= 11 is 1.88. The number of nitrogens with one attached hydrogen (secondary N) is 1. The number of aryl methyl sites for hydroxylation is 1. The van der Waals surface area contributed by atoms with E-state index in [1.807, 2.05) is 23.5 Å². The van der Waals surface area contributed by atoms with E-state index in [9.17, 15) is 0 Å². The molecule has 1 aromatic carbocycles. The normalized spacial score (nSPS) is 10.6. The van der Waals surface area contributed by atoms with Gasteiger partial charge in [0.25, 0.3) is 0 Å². The molecule has 0 saturated carbocycles. The average molecular weight is 261 g/mol. The molecule has 0 bridgehead atoms. The number of ether oxygens (including phenoxy) is 1. The topological polar surface area (TPSA) is 21.3 Å². The van der Waals surface area contributed by atoms with Crippen molar-refractivity contribution in [3.8, 4) is 0 Å². The zero-order valence-corrected chi connectivity index (χ0v) is 11.7. The van der Waals surface area contributed by atoms with Crippen LogP contribution in [0.15, 0.2) is 36.4 Å². The molecule has 2 nitrogen and oxygen atoms in total. The molecule has 18 heavy (non-hydrogen) atoms. The lowest BCUT2D eigenvalue weighted by molar-refractivity contribution is 0.185. The van der Waals surface area contributed by atoms with Gasteiger partial charge in [-0.2, -0.15) is 0 Å². The monoisotopic (exact) mass is 261 g/mol. The molecule has 0 aliphatic heterocycles. The van der Waals surface area contributed by atoms with Crippen LogP contribution in [0.2, 0.25) is 0 Å². The Hall–Kier alpha value is -1.32. The predicted octanol–water partition coefficient (Wildman–Crippen LogP) is 4.07. The fourth-order valence-electron chi connectivity index (χ4n) is 1.86. The fourth-order valence-corrected chi connectivity index (χ4v) is 2.76. The minimum Gasteiger partial charge on any atom is -0.380 e. The van der Waals surface area contributed by atoms with E-state index in [1.165, 1.54) is 15.3 Å². The lowest BCUT2D eigenvalue weighted by Crippen LogP contribution is -2.01. The van der Waals surface area contributed by atoms with Crippen LogP contribution in [0.1, 0.15) is 22.2 Å². The Morgan fingerprint density at radius 1 is 1.11 bits per heavy atom. The average Bonchev–Trinajstić information content (AvgIpc) is 2.86. The van der Waals surface area contributed by atoms with Crippen molar-refractivity contribution in [1.29, 1.82) is 0 Å². The standard InChI is InChI=1S/C15H19NOS/c1-3-13-8-9-14(18-13)10-16-15-7-5-4-6-12(15)11-17-2/h4-9,16H,3,10-11H2,1-2H3. The largest absolute Gasteiger partial charge is 0.380 e. The van der Waals surface area contributed by atoms with Crippen LogP contribution in [-0.4, -0.2) is 7.11 Å². The van der Waals surface area contributed by atoms with Crippen molar-refractivity contribution in [1.82, 2.24) is 0 Å². The Morgan fingerprint density at radius 2 is 1.89 bits per heavy atom. The number of anilines is 1. The number of methoxy groups -OCH3 is 1. The van der Waals surface area contributed by atoms with Gasteiger partial charge in [-0.3, -0.25) is 0 Å². The molecule has 0 amide bonds. The van der Waals surface area contributed by atoms with E-state index in [0.717, 1.165) is 18.7 Å². The summed E-state index contributed by atoms with van der Waals surface area (Å²) in [5, 5.41) is 3.48. The number of thiophene rings is 1. The van der Waals surface area contributed by atoms with Gasteiger partial charge in [-0.05, 0) is 24.6 Å². The summed E-state index contributed by atoms with van der Waals surface area (Å²) in [6, 6.07) is 12.7. The first-order valence-electron chi connectivity index (χ1n) is 6.21. The molecule has 1 N–H and O–H groups in total. The third-order valence-electron chi connectivity index (χ3n) is 2.84. The van der Waals surface area contributed by atoms with E-state index < -0.39 is 0 Å². The maximum atomic E-state index is 5.20. The highest BCUT2D eigenvalue weighted by Crippen LogP contribution is 2.20. The highest BCUT2D eigenvalue weighted by molar-refractivity contribution is 7.12. The molecule has 0 aliphatic carbocycles. The summed E-state index contributed by atoms with van der Waals surface area (Å²) in [6.45, 7) is 3.72. The third kappa shape index (κ3) is 3.34. The quantitative estimate of drug-likeness (QED) is 0.846. The van der Waals surface area contributed by atoms with Gasteiger partial charge < -0.3 is 10.1 Å². The number of hydrogen-bond acceptors (Lipinski definition) is 3. The van der Waals surface area contributed by atoms with Crippen LogP contribution in [0.4, 0.5) is 5.69 Å². The summed E-state index contributed by atoms with van der Waals surface area (Å²) in [5.74, 6) is 0. The number of para-hydroxylation sites is 1. The fraction of sp³-hybridized carbons (Fsp3) is 0.333. The molecule has 2 aromatic rings. The summed E-state index contributed by atoms with van der Waals surface area (Å²) in [5.41, 5.74) is 2.36. The maximum Gasteiger partial charge on any atom is 0.0733 e. The van der Waals surface area contributed by atoms with Crippen LogP contribution < -0.4 is 5.32 Å². The Kier molecular flexibility index (Phi) is 4.79. The van der Waals surface area contributed by atoms with Crippen molar-refractivity contribution < 1.29 is 4.74 Å². The van der Waals surface area contributed by atoms with Crippen LogP contribution in [0.5, 0.6) is 0 Å². The first-order valence-corrected chi connectivity index (χ1v) is 7.03. The highest BCUT2D eigenvalue weighted by Gasteiger charge is 2.02. The van der Waals surface area contributed by atoms with Gasteiger partial charge in [-0.15, -0.1) is 11.3 Å². The van der Waals surface area contributed by atoms with E-state index in [1.54, 1.807) is 7.11 Å². The third-order valence-corrected chi connectivity index (χ3v) is 4.07. The Labute approximate surface area is 113 Å². The summed E-state index contributed by atoms with van der Waals surface area (Å²) in [6.07, 6.45) is 1.12. The molecule has 0 atom stereocenters. The van der Waals surface area contributed by atoms with Crippen molar-refractivity contribution in [3.05, 3.63) is 51.7 Å². The maximum absolute atomic E-state index is 5.20. The van der Waals surface area contributed by atoms with Gasteiger partial charge in [0.05, 0.1) is 6.61 Å². The van der Waals surface area contributed by atoms with Crippen molar-refractivity contribution >= 4 is 17.0 Å². The molecular formula is C15H19NOS. The first kappa shape index (κ1) is 13.1. The number of hydrogen-bond donors (Lipinski definition) is 1. The second-order valence-electron chi connectivity index (χ2n) is 4.17. The van der Waals surface area contributed by atoms with Gasteiger partial charge in [-0.1, -0.05) is 25.1 Å². The van der Waals surface area contributed by atoms with Gasteiger partial charge >= 0.3 is 0 Å². The van der Waals surface area contributed by atoms with E-state index in [4.69, 9.17) is 4.74 Å². The highest BCUT2D eigenvalue weighted by atomic mass is 32.1. The molecule has 96 valence electrons. The molecule has 3 heteroatoms. The lowest BCUT2D eigenvalue weighted by Gasteiger charge is -2.10. The SMILES string of the molecule is CCc1ccc(CNc2ccccc2COC)s1. The summed E-state index contributed by atoms with van der Waals surface area (Å²) in [4.78, 5) is 2.82. The van der Waals surface area contributed by atoms with Crippen molar-refractivity contribution in [2.45, 2.75) is 26.5 Å². The molecule has 0 radical (unpaired) electrons. The van der Waals surface area contributed by atoms with Gasteiger partial charge in [0, 0.05) is 34.7 Å². The van der Waals surface area contributed by atoms with Gasteiger partial charge in [-0.25, -0.2) is 0 Å². The number of benzene rings is 1. The predicted molar refractivity (Wildman–Crippen MR) is 78.2 cm³/mol. The van der Waals surface area contributed by atoms with E-state index in [-0.39, 0.29) is 0 Å². The van der Waals surface area contributed by atoms with Crippen LogP contribution >= 0.6 is 11.3 Å². The van der Waals surface area contributed by atoms with Crippen molar-refractivity contribution in [2.24, 2.45) is 0 Å². The molecule has 1 aromatic heterocycles. The smallest absolute Gasteiger partial charge is 0.0733 e. The van der Waals surface area contributed by atoms with Crippen LogP contribution in [0.3, 0.4) is 0 Å². The minimum atomic E-state index is 0.647. The molecule has 0 saturated heterocycles. The zero-order chi connectivity index (χ0) is 12.8. The zero-order valence-electron chi connectivity index (χ0n) is 10.9. The van der Waals surface area contributed by atoms with Gasteiger partial charge in [0.1, 0.15) is 0 Å². The van der Waals surface area contributed by atoms with Crippen LogP contribution in [0, 0.1) is 0 Å². The molecule has 0 aliphatic rings. The number of rotatable bonds is 6.